The van der Waals surface area contributed by atoms with Crippen molar-refractivity contribution in [2.24, 2.45) is 4.99 Å². The van der Waals surface area contributed by atoms with Gasteiger partial charge in [-0.2, -0.15) is 0 Å². The Balaban J connectivity index is 0.00000341. The van der Waals surface area contributed by atoms with Gasteiger partial charge in [0, 0.05) is 45.8 Å². The van der Waals surface area contributed by atoms with E-state index in [4.69, 9.17) is 14.5 Å². The topological polar surface area (TPSA) is 69.6 Å². The number of carbonyl (C=O) groups is 1. The predicted octanol–water partition coefficient (Wildman–Crippen LogP) is 1.26. The second-order valence-corrected chi connectivity index (χ2v) is 7.53. The molecule has 1 amide bonds. The first kappa shape index (κ1) is 25.8. The van der Waals surface area contributed by atoms with Crippen LogP contribution in [0.2, 0.25) is 0 Å². The van der Waals surface area contributed by atoms with Gasteiger partial charge in [0.15, 0.2) is 5.96 Å². The van der Waals surface area contributed by atoms with Gasteiger partial charge in [-0.1, -0.05) is 30.3 Å². The van der Waals surface area contributed by atoms with E-state index in [1.165, 1.54) is 5.56 Å². The van der Waals surface area contributed by atoms with Crippen molar-refractivity contribution in [1.82, 2.24) is 20.0 Å². The molecular formula is C22H36IN5O3. The summed E-state index contributed by atoms with van der Waals surface area (Å²) in [5.41, 5.74) is 1.18. The molecule has 8 nitrogen and oxygen atoms in total. The summed E-state index contributed by atoms with van der Waals surface area (Å²) in [5.74, 6) is 1.14. The summed E-state index contributed by atoms with van der Waals surface area (Å²) in [6.45, 7) is 11.4. The summed E-state index contributed by atoms with van der Waals surface area (Å²) in [5, 5.41) is 3.38. The Morgan fingerprint density at radius 2 is 1.77 bits per heavy atom. The minimum Gasteiger partial charge on any atom is -0.378 e. The molecule has 2 fully saturated rings. The van der Waals surface area contributed by atoms with Crippen molar-refractivity contribution in [3.63, 3.8) is 0 Å². The summed E-state index contributed by atoms with van der Waals surface area (Å²) in [6.07, 6.45) is 0. The number of benzene rings is 1. The molecule has 0 spiro atoms. The molecular weight excluding hydrogens is 509 g/mol. The van der Waals surface area contributed by atoms with Crippen molar-refractivity contribution in [3.05, 3.63) is 35.9 Å². The SMILES string of the molecule is CCNC(=NCCOCc1ccccc1)N1CCN(CC(=O)N2CCOCC2)CC1.I. The minimum atomic E-state index is 0. The van der Waals surface area contributed by atoms with E-state index < -0.39 is 0 Å². The van der Waals surface area contributed by atoms with Crippen LogP contribution < -0.4 is 5.32 Å². The van der Waals surface area contributed by atoms with Gasteiger partial charge in [-0.15, -0.1) is 24.0 Å². The first-order valence-electron chi connectivity index (χ1n) is 11.0. The number of guanidine groups is 1. The van der Waals surface area contributed by atoms with Crippen LogP contribution in [0.3, 0.4) is 0 Å². The van der Waals surface area contributed by atoms with E-state index in [0.717, 1.165) is 38.7 Å². The third kappa shape index (κ3) is 8.91. The molecule has 2 heterocycles. The normalized spacial score (nSPS) is 17.9. The quantitative estimate of drug-likeness (QED) is 0.230. The zero-order chi connectivity index (χ0) is 21.0. The molecule has 0 aromatic heterocycles. The second kappa shape index (κ2) is 14.6. The average molecular weight is 545 g/mol. The lowest BCUT2D eigenvalue weighted by Crippen LogP contribution is -2.55. The lowest BCUT2D eigenvalue weighted by atomic mass is 10.2. The van der Waals surface area contributed by atoms with Gasteiger partial charge < -0.3 is 24.6 Å². The Morgan fingerprint density at radius 1 is 1.06 bits per heavy atom. The van der Waals surface area contributed by atoms with Crippen LogP contribution in [0, 0.1) is 0 Å². The van der Waals surface area contributed by atoms with Gasteiger partial charge in [0.25, 0.3) is 0 Å². The van der Waals surface area contributed by atoms with Crippen molar-refractivity contribution in [3.8, 4) is 0 Å². The molecule has 3 rings (SSSR count). The van der Waals surface area contributed by atoms with Crippen molar-refractivity contribution in [1.29, 1.82) is 0 Å². The fourth-order valence-corrected chi connectivity index (χ4v) is 3.63. The molecule has 2 aliphatic heterocycles. The Labute approximate surface area is 203 Å². The van der Waals surface area contributed by atoms with Crippen molar-refractivity contribution in [2.75, 3.05) is 78.7 Å². The molecule has 0 atom stereocenters. The maximum absolute atomic E-state index is 12.5. The monoisotopic (exact) mass is 545 g/mol. The van der Waals surface area contributed by atoms with Crippen LogP contribution in [0.5, 0.6) is 0 Å². The Kier molecular flexibility index (Phi) is 12.2. The number of nitrogens with zero attached hydrogens (tertiary/aromatic N) is 4. The zero-order valence-electron chi connectivity index (χ0n) is 18.5. The summed E-state index contributed by atoms with van der Waals surface area (Å²) >= 11 is 0. The predicted molar refractivity (Wildman–Crippen MR) is 133 cm³/mol. The lowest BCUT2D eigenvalue weighted by Gasteiger charge is -2.37. The fraction of sp³-hybridized carbons (Fsp3) is 0.636. The number of piperazine rings is 1. The van der Waals surface area contributed by atoms with Gasteiger partial charge in [-0.25, -0.2) is 0 Å². The van der Waals surface area contributed by atoms with E-state index in [2.05, 4.69) is 34.2 Å². The molecule has 1 aromatic carbocycles. The summed E-state index contributed by atoms with van der Waals surface area (Å²) in [4.78, 5) is 23.6. The minimum absolute atomic E-state index is 0. The number of halogens is 1. The smallest absolute Gasteiger partial charge is 0.236 e. The largest absolute Gasteiger partial charge is 0.378 e. The summed E-state index contributed by atoms with van der Waals surface area (Å²) < 4.78 is 11.1. The standard InChI is InChI=1S/C22H35N5O3.HI/c1-2-23-22(24-8-15-30-19-20-6-4-3-5-7-20)27-11-9-25(10-12-27)18-21(28)26-13-16-29-17-14-26;/h3-7H,2,8-19H2,1H3,(H,23,24);1H. The van der Waals surface area contributed by atoms with Gasteiger partial charge in [0.05, 0.1) is 39.5 Å². The van der Waals surface area contributed by atoms with Crippen LogP contribution in [-0.4, -0.2) is 105 Å². The Morgan fingerprint density at radius 3 is 2.45 bits per heavy atom. The number of aliphatic imine (C=N–C) groups is 1. The molecule has 9 heteroatoms. The van der Waals surface area contributed by atoms with Gasteiger partial charge in [-0.3, -0.25) is 14.7 Å². The molecule has 0 unspecified atom stereocenters. The highest BCUT2D eigenvalue weighted by atomic mass is 127. The van der Waals surface area contributed by atoms with Crippen molar-refractivity contribution in [2.45, 2.75) is 13.5 Å². The molecule has 2 aliphatic rings. The molecule has 0 saturated carbocycles. The van der Waals surface area contributed by atoms with E-state index in [1.807, 2.05) is 23.1 Å². The molecule has 1 N–H and O–H groups in total. The zero-order valence-corrected chi connectivity index (χ0v) is 20.8. The van der Waals surface area contributed by atoms with Crippen molar-refractivity contribution >= 4 is 35.8 Å². The highest BCUT2D eigenvalue weighted by Gasteiger charge is 2.24. The fourth-order valence-electron chi connectivity index (χ4n) is 3.63. The third-order valence-corrected chi connectivity index (χ3v) is 5.34. The number of amides is 1. The van der Waals surface area contributed by atoms with Crippen molar-refractivity contribution < 1.29 is 14.3 Å². The molecule has 1 aromatic rings. The van der Waals surface area contributed by atoms with Crippen LogP contribution in [0.1, 0.15) is 12.5 Å². The highest BCUT2D eigenvalue weighted by Crippen LogP contribution is 2.05. The third-order valence-electron chi connectivity index (χ3n) is 5.34. The number of morpholine rings is 1. The second-order valence-electron chi connectivity index (χ2n) is 7.53. The molecule has 0 aliphatic carbocycles. The van der Waals surface area contributed by atoms with Crippen LogP contribution in [-0.2, 0) is 20.9 Å². The molecule has 174 valence electrons. The van der Waals surface area contributed by atoms with Gasteiger partial charge in [-0.05, 0) is 12.5 Å². The number of hydrogen-bond acceptors (Lipinski definition) is 5. The average Bonchev–Trinajstić information content (AvgIpc) is 2.80. The van der Waals surface area contributed by atoms with E-state index in [-0.39, 0.29) is 29.9 Å². The van der Waals surface area contributed by atoms with Crippen LogP contribution in [0.15, 0.2) is 35.3 Å². The van der Waals surface area contributed by atoms with E-state index >= 15 is 0 Å². The van der Waals surface area contributed by atoms with Gasteiger partial charge in [0.1, 0.15) is 0 Å². The maximum Gasteiger partial charge on any atom is 0.236 e. The first-order valence-corrected chi connectivity index (χ1v) is 11.0. The summed E-state index contributed by atoms with van der Waals surface area (Å²) in [6, 6.07) is 10.2. The number of carbonyl (C=O) groups excluding carboxylic acids is 1. The van der Waals surface area contributed by atoms with Crippen LogP contribution in [0.4, 0.5) is 0 Å². The number of hydrogen-bond donors (Lipinski definition) is 1. The molecule has 31 heavy (non-hydrogen) atoms. The Bertz CT molecular complexity index is 662. The van der Waals surface area contributed by atoms with Gasteiger partial charge >= 0.3 is 0 Å². The van der Waals surface area contributed by atoms with E-state index in [9.17, 15) is 4.79 Å². The molecule has 0 bridgehead atoms. The van der Waals surface area contributed by atoms with E-state index in [0.29, 0.717) is 52.6 Å². The van der Waals surface area contributed by atoms with Crippen LogP contribution >= 0.6 is 24.0 Å². The number of rotatable bonds is 8. The highest BCUT2D eigenvalue weighted by molar-refractivity contribution is 14.0. The van der Waals surface area contributed by atoms with Crippen LogP contribution in [0.25, 0.3) is 0 Å². The molecule has 2 saturated heterocycles. The number of ether oxygens (including phenoxy) is 2. The number of nitrogens with one attached hydrogen (secondary N) is 1. The Hall–Kier alpha value is -1.43. The van der Waals surface area contributed by atoms with E-state index in [1.54, 1.807) is 0 Å². The maximum atomic E-state index is 12.5. The lowest BCUT2D eigenvalue weighted by molar-refractivity contribution is -0.136. The molecule has 0 radical (unpaired) electrons. The van der Waals surface area contributed by atoms with Gasteiger partial charge in [0.2, 0.25) is 5.91 Å². The summed E-state index contributed by atoms with van der Waals surface area (Å²) in [7, 11) is 0. The first-order chi connectivity index (χ1) is 14.8.